The van der Waals surface area contributed by atoms with Gasteiger partial charge in [0, 0.05) is 31.2 Å². The first kappa shape index (κ1) is 14.6. The van der Waals surface area contributed by atoms with Crippen LogP contribution in [0.2, 0.25) is 0 Å². The Morgan fingerprint density at radius 3 is 2.92 bits per heavy atom. The average Bonchev–Trinajstić information content (AvgIpc) is 3.24. The molecule has 24 heavy (non-hydrogen) atoms. The van der Waals surface area contributed by atoms with Gasteiger partial charge in [-0.2, -0.15) is 0 Å². The molecule has 0 unspecified atom stereocenters. The van der Waals surface area contributed by atoms with Crippen molar-refractivity contribution in [1.29, 1.82) is 0 Å². The molecule has 0 fully saturated rings. The lowest BCUT2D eigenvalue weighted by atomic mass is 10.2. The van der Waals surface area contributed by atoms with Crippen molar-refractivity contribution < 1.29 is 14.3 Å². The highest BCUT2D eigenvalue weighted by molar-refractivity contribution is 5.80. The summed E-state index contributed by atoms with van der Waals surface area (Å²) in [6.07, 6.45) is 2.47. The molecule has 0 aliphatic carbocycles. The molecule has 1 aliphatic rings. The average molecular weight is 322 g/mol. The predicted molar refractivity (Wildman–Crippen MR) is 91.0 cm³/mol. The summed E-state index contributed by atoms with van der Waals surface area (Å²) in [6.45, 7) is 1.42. The maximum Gasteiger partial charge on any atom is 0.231 e. The van der Waals surface area contributed by atoms with Gasteiger partial charge in [0.25, 0.3) is 0 Å². The van der Waals surface area contributed by atoms with Gasteiger partial charge in [-0.15, -0.1) is 0 Å². The Kier molecular flexibility index (Phi) is 3.83. The summed E-state index contributed by atoms with van der Waals surface area (Å²) in [5.74, 6) is 1.52. The van der Waals surface area contributed by atoms with Gasteiger partial charge in [0.1, 0.15) is 0 Å². The molecule has 2 heterocycles. The summed E-state index contributed by atoms with van der Waals surface area (Å²) in [5, 5.41) is 4.14. The molecule has 0 spiro atoms. The molecular formula is C19H18N2O3. The molecule has 1 N–H and O–H groups in total. The number of rotatable bonds is 5. The number of amides is 1. The third-order valence-corrected chi connectivity index (χ3v) is 4.19. The molecule has 2 aromatic carbocycles. The standard InChI is InChI=1S/C19H18N2O3/c22-19(8-10-21-9-7-15-3-1-2-4-16(15)21)20-12-14-5-6-17-18(11-14)24-13-23-17/h1-7,9,11H,8,10,12-13H2,(H,20,22). The maximum absolute atomic E-state index is 12.1. The summed E-state index contributed by atoms with van der Waals surface area (Å²) >= 11 is 0. The molecule has 3 aromatic rings. The Hall–Kier alpha value is -2.95. The van der Waals surface area contributed by atoms with Crippen LogP contribution in [0.5, 0.6) is 11.5 Å². The second-order valence-electron chi connectivity index (χ2n) is 5.78. The van der Waals surface area contributed by atoms with Crippen LogP contribution in [0.1, 0.15) is 12.0 Å². The number of carbonyl (C=O) groups is 1. The van der Waals surface area contributed by atoms with Gasteiger partial charge in [-0.3, -0.25) is 4.79 Å². The smallest absolute Gasteiger partial charge is 0.231 e. The van der Waals surface area contributed by atoms with Crippen LogP contribution in [-0.4, -0.2) is 17.3 Å². The second-order valence-corrected chi connectivity index (χ2v) is 5.78. The van der Waals surface area contributed by atoms with Gasteiger partial charge in [-0.05, 0) is 35.2 Å². The number of nitrogens with zero attached hydrogens (tertiary/aromatic N) is 1. The number of nitrogens with one attached hydrogen (secondary N) is 1. The Morgan fingerprint density at radius 1 is 1.08 bits per heavy atom. The molecule has 1 aromatic heterocycles. The van der Waals surface area contributed by atoms with E-state index in [4.69, 9.17) is 9.47 Å². The summed E-state index contributed by atoms with van der Waals surface area (Å²) in [7, 11) is 0. The van der Waals surface area contributed by atoms with Crippen LogP contribution in [0.25, 0.3) is 10.9 Å². The fourth-order valence-electron chi connectivity index (χ4n) is 2.90. The zero-order valence-electron chi connectivity index (χ0n) is 13.2. The van der Waals surface area contributed by atoms with Crippen molar-refractivity contribution in [3.63, 3.8) is 0 Å². The quantitative estimate of drug-likeness (QED) is 0.785. The first-order chi connectivity index (χ1) is 11.8. The number of aromatic nitrogens is 1. The number of benzene rings is 2. The Bertz CT molecular complexity index is 885. The summed E-state index contributed by atoms with van der Waals surface area (Å²) < 4.78 is 12.7. The van der Waals surface area contributed by atoms with E-state index >= 15 is 0 Å². The number of aryl methyl sites for hydroxylation is 1. The summed E-state index contributed by atoms with van der Waals surface area (Å²) in [5.41, 5.74) is 2.15. The van der Waals surface area contributed by atoms with E-state index in [1.54, 1.807) is 0 Å². The van der Waals surface area contributed by atoms with Gasteiger partial charge in [0.15, 0.2) is 11.5 Å². The molecule has 0 bridgehead atoms. The van der Waals surface area contributed by atoms with Crippen molar-refractivity contribution in [3.05, 3.63) is 60.3 Å². The van der Waals surface area contributed by atoms with Gasteiger partial charge < -0.3 is 19.4 Å². The van der Waals surface area contributed by atoms with Crippen LogP contribution in [0.4, 0.5) is 0 Å². The Labute approximate surface area is 139 Å². The number of hydrogen-bond donors (Lipinski definition) is 1. The summed E-state index contributed by atoms with van der Waals surface area (Å²) in [4.78, 5) is 12.1. The fourth-order valence-corrected chi connectivity index (χ4v) is 2.90. The van der Waals surface area contributed by atoms with E-state index in [0.29, 0.717) is 19.5 Å². The van der Waals surface area contributed by atoms with E-state index in [2.05, 4.69) is 28.1 Å². The van der Waals surface area contributed by atoms with E-state index in [1.165, 1.54) is 5.39 Å². The van der Waals surface area contributed by atoms with Crippen LogP contribution in [-0.2, 0) is 17.9 Å². The van der Waals surface area contributed by atoms with Crippen LogP contribution in [0.3, 0.4) is 0 Å². The zero-order chi connectivity index (χ0) is 16.4. The van der Waals surface area contributed by atoms with Crippen LogP contribution in [0, 0.1) is 0 Å². The van der Waals surface area contributed by atoms with Gasteiger partial charge in [0.2, 0.25) is 12.7 Å². The molecule has 0 atom stereocenters. The van der Waals surface area contributed by atoms with E-state index in [1.807, 2.05) is 36.5 Å². The predicted octanol–water partition coefficient (Wildman–Crippen LogP) is 3.08. The molecule has 5 nitrogen and oxygen atoms in total. The van der Waals surface area contributed by atoms with Crippen molar-refractivity contribution in [2.24, 2.45) is 0 Å². The number of ether oxygens (including phenoxy) is 2. The minimum absolute atomic E-state index is 0.0328. The molecule has 0 saturated carbocycles. The highest BCUT2D eigenvalue weighted by Crippen LogP contribution is 2.32. The van der Waals surface area contributed by atoms with Crippen molar-refractivity contribution in [2.75, 3.05) is 6.79 Å². The van der Waals surface area contributed by atoms with Crippen LogP contribution in [0.15, 0.2) is 54.7 Å². The molecule has 1 amide bonds. The lowest BCUT2D eigenvalue weighted by Gasteiger charge is -2.08. The van der Waals surface area contributed by atoms with Crippen LogP contribution >= 0.6 is 0 Å². The first-order valence-electron chi connectivity index (χ1n) is 7.99. The van der Waals surface area contributed by atoms with E-state index < -0.39 is 0 Å². The third kappa shape index (κ3) is 2.93. The number of hydrogen-bond acceptors (Lipinski definition) is 3. The number of fused-ring (bicyclic) bond motifs is 2. The van der Waals surface area contributed by atoms with E-state index in [9.17, 15) is 4.79 Å². The lowest BCUT2D eigenvalue weighted by molar-refractivity contribution is -0.121. The topological polar surface area (TPSA) is 52.5 Å². The molecule has 0 radical (unpaired) electrons. The second kappa shape index (κ2) is 6.28. The SMILES string of the molecule is O=C(CCn1ccc2ccccc21)NCc1ccc2c(c1)OCO2. The third-order valence-electron chi connectivity index (χ3n) is 4.19. The van der Waals surface area contributed by atoms with Gasteiger partial charge in [0.05, 0.1) is 0 Å². The molecular weight excluding hydrogens is 304 g/mol. The molecule has 4 rings (SSSR count). The van der Waals surface area contributed by atoms with Gasteiger partial charge >= 0.3 is 0 Å². The van der Waals surface area contributed by atoms with E-state index in [0.717, 1.165) is 22.6 Å². The fraction of sp³-hybridized carbons (Fsp3) is 0.211. The normalized spacial score (nSPS) is 12.5. The molecule has 0 saturated heterocycles. The van der Waals surface area contributed by atoms with Crippen LogP contribution < -0.4 is 14.8 Å². The van der Waals surface area contributed by atoms with Gasteiger partial charge in [-0.1, -0.05) is 24.3 Å². The maximum atomic E-state index is 12.1. The number of para-hydroxylation sites is 1. The largest absolute Gasteiger partial charge is 0.454 e. The Morgan fingerprint density at radius 2 is 1.96 bits per heavy atom. The number of carbonyl (C=O) groups excluding carboxylic acids is 1. The van der Waals surface area contributed by atoms with E-state index in [-0.39, 0.29) is 12.7 Å². The highest BCUT2D eigenvalue weighted by atomic mass is 16.7. The van der Waals surface area contributed by atoms with Crippen molar-refractivity contribution in [2.45, 2.75) is 19.5 Å². The summed E-state index contributed by atoms with van der Waals surface area (Å²) in [6, 6.07) is 16.0. The monoisotopic (exact) mass is 322 g/mol. The minimum atomic E-state index is 0.0328. The zero-order valence-corrected chi connectivity index (χ0v) is 13.2. The minimum Gasteiger partial charge on any atom is -0.454 e. The Balaban J connectivity index is 1.32. The molecule has 5 heteroatoms. The lowest BCUT2D eigenvalue weighted by Crippen LogP contribution is -2.23. The highest BCUT2D eigenvalue weighted by Gasteiger charge is 2.13. The van der Waals surface area contributed by atoms with Gasteiger partial charge in [-0.25, -0.2) is 0 Å². The van der Waals surface area contributed by atoms with Crippen molar-refractivity contribution >= 4 is 16.8 Å². The van der Waals surface area contributed by atoms with Crippen molar-refractivity contribution in [3.8, 4) is 11.5 Å². The molecule has 1 aliphatic heterocycles. The first-order valence-corrected chi connectivity index (χ1v) is 7.99. The molecule has 122 valence electrons. The van der Waals surface area contributed by atoms with Crippen molar-refractivity contribution in [1.82, 2.24) is 9.88 Å².